The van der Waals surface area contributed by atoms with Crippen LogP contribution in [0.15, 0.2) is 24.3 Å². The van der Waals surface area contributed by atoms with Crippen molar-refractivity contribution >= 4 is 17.5 Å². The minimum absolute atomic E-state index is 0.00455. The Morgan fingerprint density at radius 3 is 2.71 bits per heavy atom. The van der Waals surface area contributed by atoms with E-state index in [1.54, 1.807) is 23.1 Å². The summed E-state index contributed by atoms with van der Waals surface area (Å²) in [7, 11) is 0. The van der Waals surface area contributed by atoms with Gasteiger partial charge in [-0.05, 0) is 51.4 Å². The quantitative estimate of drug-likeness (QED) is 0.870. The van der Waals surface area contributed by atoms with Crippen LogP contribution in [0.4, 0.5) is 5.69 Å². The van der Waals surface area contributed by atoms with Gasteiger partial charge < -0.3 is 15.5 Å². The van der Waals surface area contributed by atoms with Gasteiger partial charge in [0.15, 0.2) is 0 Å². The number of hydrogen-bond donors (Lipinski definition) is 2. The molecule has 1 saturated heterocycles. The van der Waals surface area contributed by atoms with Crippen molar-refractivity contribution in [3.8, 4) is 0 Å². The highest BCUT2D eigenvalue weighted by Crippen LogP contribution is 2.14. The third-order valence-electron chi connectivity index (χ3n) is 3.80. The summed E-state index contributed by atoms with van der Waals surface area (Å²) in [6.45, 7) is 6.16. The van der Waals surface area contributed by atoms with Crippen LogP contribution >= 0.6 is 0 Å². The number of hydrogen-bond acceptors (Lipinski definition) is 3. The monoisotopic (exact) mass is 289 g/mol. The first-order valence-electron chi connectivity index (χ1n) is 7.59. The molecule has 0 radical (unpaired) electrons. The predicted molar refractivity (Wildman–Crippen MR) is 83.3 cm³/mol. The Labute approximate surface area is 125 Å². The zero-order valence-electron chi connectivity index (χ0n) is 12.7. The van der Waals surface area contributed by atoms with Crippen molar-refractivity contribution in [2.45, 2.75) is 32.7 Å². The molecule has 2 N–H and O–H groups in total. The topological polar surface area (TPSA) is 61.4 Å². The Balaban J connectivity index is 2.06. The molecule has 1 atom stereocenters. The van der Waals surface area contributed by atoms with Gasteiger partial charge in [-0.2, -0.15) is 0 Å². The highest BCUT2D eigenvalue weighted by molar-refractivity contribution is 5.98. The fourth-order valence-electron chi connectivity index (χ4n) is 2.56. The van der Waals surface area contributed by atoms with Gasteiger partial charge in [0, 0.05) is 24.3 Å². The molecule has 114 valence electrons. The first-order chi connectivity index (χ1) is 10.2. The van der Waals surface area contributed by atoms with Gasteiger partial charge in [0.1, 0.15) is 0 Å². The van der Waals surface area contributed by atoms with E-state index in [0.717, 1.165) is 19.4 Å². The smallest absolute Gasteiger partial charge is 0.253 e. The number of anilines is 1. The average molecular weight is 289 g/mol. The summed E-state index contributed by atoms with van der Waals surface area (Å²) in [6, 6.07) is 7.02. The summed E-state index contributed by atoms with van der Waals surface area (Å²) in [5.41, 5.74) is 1.28. The lowest BCUT2D eigenvalue weighted by Crippen LogP contribution is -2.35. The van der Waals surface area contributed by atoms with Crippen LogP contribution in [-0.2, 0) is 4.79 Å². The van der Waals surface area contributed by atoms with E-state index in [1.807, 2.05) is 19.9 Å². The van der Waals surface area contributed by atoms with Crippen molar-refractivity contribution in [1.29, 1.82) is 0 Å². The number of nitrogens with one attached hydrogen (secondary N) is 2. The molecule has 2 rings (SSSR count). The van der Waals surface area contributed by atoms with Crippen molar-refractivity contribution in [2.24, 2.45) is 0 Å². The Bertz CT molecular complexity index is 506. The average Bonchev–Trinajstić information content (AvgIpc) is 3.03. The molecule has 21 heavy (non-hydrogen) atoms. The van der Waals surface area contributed by atoms with Crippen molar-refractivity contribution in [2.75, 3.05) is 25.0 Å². The van der Waals surface area contributed by atoms with Crippen LogP contribution in [0.2, 0.25) is 0 Å². The SMILES string of the molecule is CCN(CC)C(=O)c1cccc(NC(=O)C2CCCN2)c1. The highest BCUT2D eigenvalue weighted by Gasteiger charge is 2.22. The molecule has 1 aliphatic heterocycles. The minimum atomic E-state index is -0.118. The zero-order valence-corrected chi connectivity index (χ0v) is 12.7. The molecule has 0 aromatic heterocycles. The second-order valence-electron chi connectivity index (χ2n) is 5.20. The van der Waals surface area contributed by atoms with Crippen LogP contribution in [0.5, 0.6) is 0 Å². The van der Waals surface area contributed by atoms with Gasteiger partial charge in [-0.3, -0.25) is 9.59 Å². The van der Waals surface area contributed by atoms with Crippen LogP contribution < -0.4 is 10.6 Å². The van der Waals surface area contributed by atoms with Gasteiger partial charge in [0.05, 0.1) is 6.04 Å². The van der Waals surface area contributed by atoms with Crippen LogP contribution in [0.1, 0.15) is 37.0 Å². The summed E-state index contributed by atoms with van der Waals surface area (Å²) < 4.78 is 0. The van der Waals surface area contributed by atoms with Gasteiger partial charge in [0.25, 0.3) is 5.91 Å². The summed E-state index contributed by atoms with van der Waals surface area (Å²) in [6.07, 6.45) is 1.89. The minimum Gasteiger partial charge on any atom is -0.339 e. The summed E-state index contributed by atoms with van der Waals surface area (Å²) in [5.74, 6) is -0.0324. The molecule has 0 spiro atoms. The van der Waals surface area contributed by atoms with Gasteiger partial charge >= 0.3 is 0 Å². The van der Waals surface area contributed by atoms with E-state index in [2.05, 4.69) is 10.6 Å². The van der Waals surface area contributed by atoms with E-state index in [0.29, 0.717) is 24.3 Å². The fourth-order valence-corrected chi connectivity index (χ4v) is 2.56. The van der Waals surface area contributed by atoms with Crippen LogP contribution in [0.3, 0.4) is 0 Å². The van der Waals surface area contributed by atoms with Crippen LogP contribution in [0, 0.1) is 0 Å². The van der Waals surface area contributed by atoms with E-state index in [9.17, 15) is 9.59 Å². The first kappa shape index (κ1) is 15.5. The van der Waals surface area contributed by atoms with E-state index in [1.165, 1.54) is 0 Å². The standard InChI is InChI=1S/C16H23N3O2/c1-3-19(4-2)16(21)12-7-5-8-13(11-12)18-15(20)14-9-6-10-17-14/h5,7-8,11,14,17H,3-4,6,9-10H2,1-2H3,(H,18,20). The maximum atomic E-state index is 12.3. The maximum absolute atomic E-state index is 12.3. The predicted octanol–water partition coefficient (Wildman–Crippen LogP) is 1.86. The summed E-state index contributed by atoms with van der Waals surface area (Å²) >= 11 is 0. The first-order valence-corrected chi connectivity index (χ1v) is 7.59. The Hall–Kier alpha value is -1.88. The number of amides is 2. The van der Waals surface area contributed by atoms with E-state index < -0.39 is 0 Å². The highest BCUT2D eigenvalue weighted by atomic mass is 16.2. The third kappa shape index (κ3) is 3.82. The number of rotatable bonds is 5. The molecule has 1 fully saturated rings. The lowest BCUT2D eigenvalue weighted by molar-refractivity contribution is -0.117. The molecule has 1 unspecified atom stereocenters. The second kappa shape index (κ2) is 7.22. The van der Waals surface area contributed by atoms with E-state index >= 15 is 0 Å². The van der Waals surface area contributed by atoms with Crippen molar-refractivity contribution in [3.05, 3.63) is 29.8 Å². The molecule has 5 heteroatoms. The van der Waals surface area contributed by atoms with Gasteiger partial charge in [-0.15, -0.1) is 0 Å². The van der Waals surface area contributed by atoms with Crippen molar-refractivity contribution in [1.82, 2.24) is 10.2 Å². The molecule has 0 saturated carbocycles. The Morgan fingerprint density at radius 2 is 2.10 bits per heavy atom. The molecule has 0 aliphatic carbocycles. The largest absolute Gasteiger partial charge is 0.339 e. The van der Waals surface area contributed by atoms with E-state index in [4.69, 9.17) is 0 Å². The molecule has 1 aliphatic rings. The normalized spacial score (nSPS) is 17.5. The van der Waals surface area contributed by atoms with Crippen molar-refractivity contribution in [3.63, 3.8) is 0 Å². The van der Waals surface area contributed by atoms with E-state index in [-0.39, 0.29) is 17.9 Å². The van der Waals surface area contributed by atoms with Gasteiger partial charge in [-0.1, -0.05) is 6.07 Å². The van der Waals surface area contributed by atoms with Crippen molar-refractivity contribution < 1.29 is 9.59 Å². The number of benzene rings is 1. The molecule has 5 nitrogen and oxygen atoms in total. The van der Waals surface area contributed by atoms with Crippen LogP contribution in [0.25, 0.3) is 0 Å². The number of nitrogens with zero attached hydrogens (tertiary/aromatic N) is 1. The molecule has 2 amide bonds. The molecular weight excluding hydrogens is 266 g/mol. The second-order valence-corrected chi connectivity index (χ2v) is 5.20. The third-order valence-corrected chi connectivity index (χ3v) is 3.80. The maximum Gasteiger partial charge on any atom is 0.253 e. The molecule has 1 aromatic rings. The fraction of sp³-hybridized carbons (Fsp3) is 0.500. The number of carbonyl (C=O) groups excluding carboxylic acids is 2. The Kier molecular flexibility index (Phi) is 5.33. The summed E-state index contributed by atoms with van der Waals surface area (Å²) in [5, 5.41) is 6.05. The summed E-state index contributed by atoms with van der Waals surface area (Å²) in [4.78, 5) is 26.1. The molecule has 0 bridgehead atoms. The molecular formula is C16H23N3O2. The number of carbonyl (C=O) groups is 2. The molecule has 1 aromatic carbocycles. The molecule has 1 heterocycles. The lowest BCUT2D eigenvalue weighted by Gasteiger charge is -2.19. The lowest BCUT2D eigenvalue weighted by atomic mass is 10.1. The van der Waals surface area contributed by atoms with Gasteiger partial charge in [0.2, 0.25) is 5.91 Å². The Morgan fingerprint density at radius 1 is 1.33 bits per heavy atom. The van der Waals surface area contributed by atoms with Gasteiger partial charge in [-0.25, -0.2) is 0 Å². The van der Waals surface area contributed by atoms with Crippen LogP contribution in [-0.4, -0.2) is 42.4 Å². The zero-order chi connectivity index (χ0) is 15.2.